The third kappa shape index (κ3) is 4.87. The lowest BCUT2D eigenvalue weighted by atomic mass is 10.0. The highest BCUT2D eigenvalue weighted by Crippen LogP contribution is 2.36. The Bertz CT molecular complexity index is 1160. The predicted octanol–water partition coefficient (Wildman–Crippen LogP) is 5.88. The number of fused-ring (bicyclic) bond motifs is 1. The summed E-state index contributed by atoms with van der Waals surface area (Å²) in [5, 5.41) is 2.78. The van der Waals surface area contributed by atoms with Crippen LogP contribution in [0.4, 0.5) is 5.69 Å². The van der Waals surface area contributed by atoms with Gasteiger partial charge in [0, 0.05) is 25.6 Å². The van der Waals surface area contributed by atoms with E-state index >= 15 is 0 Å². The molecule has 0 aliphatic carbocycles. The highest BCUT2D eigenvalue weighted by atomic mass is 32.2. The van der Waals surface area contributed by atoms with E-state index in [2.05, 4.69) is 6.07 Å². The van der Waals surface area contributed by atoms with Crippen molar-refractivity contribution >= 4 is 45.4 Å². The topological polar surface area (TPSA) is 51.1 Å². The number of rotatable bonds is 8. The van der Waals surface area contributed by atoms with E-state index in [0.717, 1.165) is 34.2 Å². The number of carbonyl (C=O) groups is 1. The number of hydrogen-bond donors (Lipinski definition) is 0. The fourth-order valence-electron chi connectivity index (χ4n) is 3.61. The van der Waals surface area contributed by atoms with Gasteiger partial charge in [0.25, 0.3) is 5.91 Å². The first-order chi connectivity index (χ1) is 15.7. The largest absolute Gasteiger partial charge is 0.493 e. The Hall–Kier alpha value is -3.09. The Balaban J connectivity index is 1.71. The van der Waals surface area contributed by atoms with Crippen LogP contribution >= 0.6 is 11.8 Å². The second-order valence-electron chi connectivity index (χ2n) is 7.28. The molecule has 4 rings (SSSR count). The van der Waals surface area contributed by atoms with Gasteiger partial charge in [-0.3, -0.25) is 9.69 Å². The first kappa shape index (κ1) is 22.1. The van der Waals surface area contributed by atoms with Crippen LogP contribution < -0.4 is 4.74 Å². The van der Waals surface area contributed by atoms with Gasteiger partial charge in [0.15, 0.2) is 5.17 Å². The number of ether oxygens (including phenoxy) is 2. The number of thioether (sulfide) groups is 1. The predicted molar refractivity (Wildman–Crippen MR) is 132 cm³/mol. The van der Waals surface area contributed by atoms with Gasteiger partial charge >= 0.3 is 0 Å². The van der Waals surface area contributed by atoms with Gasteiger partial charge in [0.1, 0.15) is 5.75 Å². The molecule has 0 atom stereocenters. The molecule has 0 bridgehead atoms. The summed E-state index contributed by atoms with van der Waals surface area (Å²) in [7, 11) is 1.67. The number of para-hydroxylation sites is 1. The summed E-state index contributed by atoms with van der Waals surface area (Å²) < 4.78 is 11.0. The van der Waals surface area contributed by atoms with E-state index in [4.69, 9.17) is 14.5 Å². The summed E-state index contributed by atoms with van der Waals surface area (Å²) in [5.41, 5.74) is 1.81. The average molecular weight is 447 g/mol. The number of hydrogen-bond acceptors (Lipinski definition) is 5. The standard InChI is InChI=1S/C26H26N2O3S/c1-3-31-23-15-14-19(21-12-7-8-13-22(21)23)18-24-25(29)28(16-9-17-30-2)26(32-24)27-20-10-5-4-6-11-20/h4-8,10-15,18H,3,9,16-17H2,1-2H3/b24-18-,27-26?. The molecule has 0 unspecified atom stereocenters. The third-order valence-corrected chi connectivity index (χ3v) is 6.11. The molecule has 1 heterocycles. The van der Waals surface area contributed by atoms with Crippen LogP contribution in [-0.2, 0) is 9.53 Å². The lowest BCUT2D eigenvalue weighted by Gasteiger charge is -2.15. The van der Waals surface area contributed by atoms with E-state index in [1.165, 1.54) is 11.8 Å². The van der Waals surface area contributed by atoms with Crippen LogP contribution in [0.25, 0.3) is 16.8 Å². The summed E-state index contributed by atoms with van der Waals surface area (Å²) in [5.74, 6) is 0.821. The molecule has 6 heteroatoms. The molecule has 1 saturated heterocycles. The first-order valence-corrected chi connectivity index (χ1v) is 11.5. The number of carbonyl (C=O) groups excluding carboxylic acids is 1. The van der Waals surface area contributed by atoms with E-state index in [-0.39, 0.29) is 5.91 Å². The fourth-order valence-corrected chi connectivity index (χ4v) is 4.63. The van der Waals surface area contributed by atoms with E-state index in [9.17, 15) is 4.79 Å². The van der Waals surface area contributed by atoms with Crippen molar-refractivity contribution in [2.75, 3.05) is 26.9 Å². The molecule has 0 N–H and O–H groups in total. The maximum Gasteiger partial charge on any atom is 0.266 e. The minimum absolute atomic E-state index is 0.0289. The van der Waals surface area contributed by atoms with E-state index in [1.54, 1.807) is 12.0 Å². The quantitative estimate of drug-likeness (QED) is 0.320. The van der Waals surface area contributed by atoms with Crippen molar-refractivity contribution in [3.05, 3.63) is 77.2 Å². The minimum Gasteiger partial charge on any atom is -0.493 e. The number of methoxy groups -OCH3 is 1. The zero-order valence-electron chi connectivity index (χ0n) is 18.3. The van der Waals surface area contributed by atoms with Crippen molar-refractivity contribution in [3.63, 3.8) is 0 Å². The summed E-state index contributed by atoms with van der Waals surface area (Å²) in [6.45, 7) is 3.74. The van der Waals surface area contributed by atoms with E-state index in [0.29, 0.717) is 29.8 Å². The summed E-state index contributed by atoms with van der Waals surface area (Å²) in [6, 6.07) is 21.8. The number of amidine groups is 1. The molecule has 32 heavy (non-hydrogen) atoms. The Labute approximate surface area is 192 Å². The molecule has 5 nitrogen and oxygen atoms in total. The Morgan fingerprint density at radius 1 is 1.00 bits per heavy atom. The monoisotopic (exact) mass is 446 g/mol. The van der Waals surface area contributed by atoms with Crippen LogP contribution in [0.1, 0.15) is 18.9 Å². The molecule has 164 valence electrons. The fraction of sp³-hybridized carbons (Fsp3) is 0.231. The van der Waals surface area contributed by atoms with Crippen LogP contribution in [0.2, 0.25) is 0 Å². The smallest absolute Gasteiger partial charge is 0.266 e. The first-order valence-electron chi connectivity index (χ1n) is 10.7. The molecule has 3 aromatic carbocycles. The van der Waals surface area contributed by atoms with Crippen LogP contribution in [0.5, 0.6) is 5.75 Å². The molecule has 0 radical (unpaired) electrons. The normalized spacial score (nSPS) is 16.4. The van der Waals surface area contributed by atoms with Crippen LogP contribution in [-0.4, -0.2) is 42.8 Å². The zero-order valence-corrected chi connectivity index (χ0v) is 19.1. The number of aliphatic imine (C=N–C) groups is 1. The van der Waals surface area contributed by atoms with Gasteiger partial charge in [-0.05, 0) is 60.3 Å². The maximum absolute atomic E-state index is 13.3. The number of nitrogens with zero attached hydrogens (tertiary/aromatic N) is 2. The maximum atomic E-state index is 13.3. The molecular weight excluding hydrogens is 420 g/mol. The van der Waals surface area contributed by atoms with Crippen molar-refractivity contribution in [3.8, 4) is 5.75 Å². The Morgan fingerprint density at radius 2 is 1.75 bits per heavy atom. The molecule has 0 aromatic heterocycles. The van der Waals surface area contributed by atoms with Gasteiger partial charge in [-0.25, -0.2) is 4.99 Å². The molecule has 0 saturated carbocycles. The van der Waals surface area contributed by atoms with Gasteiger partial charge in [-0.2, -0.15) is 0 Å². The van der Waals surface area contributed by atoms with Crippen LogP contribution in [0, 0.1) is 0 Å². The second kappa shape index (κ2) is 10.5. The molecular formula is C26H26N2O3S. The van der Waals surface area contributed by atoms with Gasteiger partial charge in [-0.15, -0.1) is 0 Å². The Morgan fingerprint density at radius 3 is 2.50 bits per heavy atom. The molecule has 1 fully saturated rings. The second-order valence-corrected chi connectivity index (χ2v) is 8.28. The minimum atomic E-state index is -0.0289. The van der Waals surface area contributed by atoms with E-state index in [1.807, 2.05) is 73.7 Å². The van der Waals surface area contributed by atoms with Gasteiger partial charge < -0.3 is 9.47 Å². The SMILES string of the molecule is CCOc1ccc(/C=C2\SC(=Nc3ccccc3)N(CCCOC)C2=O)c2ccccc12. The summed E-state index contributed by atoms with van der Waals surface area (Å²) in [6.07, 6.45) is 2.71. The number of amides is 1. The molecule has 1 aliphatic rings. The van der Waals surface area contributed by atoms with Gasteiger partial charge in [-0.1, -0.05) is 48.5 Å². The van der Waals surface area contributed by atoms with Crippen molar-refractivity contribution in [2.24, 2.45) is 4.99 Å². The lowest BCUT2D eigenvalue weighted by molar-refractivity contribution is -0.122. The highest BCUT2D eigenvalue weighted by Gasteiger charge is 2.33. The van der Waals surface area contributed by atoms with Crippen molar-refractivity contribution in [1.29, 1.82) is 0 Å². The molecule has 3 aromatic rings. The molecule has 0 spiro atoms. The van der Waals surface area contributed by atoms with E-state index < -0.39 is 0 Å². The van der Waals surface area contributed by atoms with Crippen LogP contribution in [0.3, 0.4) is 0 Å². The lowest BCUT2D eigenvalue weighted by Crippen LogP contribution is -2.30. The van der Waals surface area contributed by atoms with Crippen molar-refractivity contribution in [2.45, 2.75) is 13.3 Å². The zero-order chi connectivity index (χ0) is 22.3. The number of benzene rings is 3. The van der Waals surface area contributed by atoms with Crippen LogP contribution in [0.15, 0.2) is 76.6 Å². The molecule has 1 amide bonds. The molecule has 1 aliphatic heterocycles. The van der Waals surface area contributed by atoms with Gasteiger partial charge in [0.2, 0.25) is 0 Å². The Kier molecular flexibility index (Phi) is 7.24. The summed E-state index contributed by atoms with van der Waals surface area (Å²) in [4.78, 5) is 20.5. The van der Waals surface area contributed by atoms with Crippen molar-refractivity contribution in [1.82, 2.24) is 4.90 Å². The highest BCUT2D eigenvalue weighted by molar-refractivity contribution is 8.18. The third-order valence-electron chi connectivity index (χ3n) is 5.10. The van der Waals surface area contributed by atoms with Crippen molar-refractivity contribution < 1.29 is 14.3 Å². The average Bonchev–Trinajstić information content (AvgIpc) is 3.10. The summed E-state index contributed by atoms with van der Waals surface area (Å²) >= 11 is 1.41. The van der Waals surface area contributed by atoms with Gasteiger partial charge in [0.05, 0.1) is 17.2 Å².